The zero-order valence-electron chi connectivity index (χ0n) is 11.8. The molecule has 0 radical (unpaired) electrons. The number of nitro groups is 1. The molecule has 1 atom stereocenters. The third kappa shape index (κ3) is 3.07. The molecule has 1 aromatic rings. The molecule has 0 aromatic heterocycles. The number of alkyl carbamates (subject to hydrolysis) is 1. The molecule has 0 saturated heterocycles. The van der Waals surface area contributed by atoms with Crippen molar-refractivity contribution in [1.82, 2.24) is 5.32 Å². The van der Waals surface area contributed by atoms with Gasteiger partial charge in [0.15, 0.2) is 0 Å². The SMILES string of the molecule is CC(C)(C)OC(=O)N[C@H]1CCc2c1cccc2[N+](=O)[O-]. The molecule has 0 fully saturated rings. The topological polar surface area (TPSA) is 81.5 Å². The van der Waals surface area contributed by atoms with Crippen LogP contribution >= 0.6 is 0 Å². The van der Waals surface area contributed by atoms with Crippen molar-refractivity contribution in [2.45, 2.75) is 45.3 Å². The number of nitro benzene ring substituents is 1. The quantitative estimate of drug-likeness (QED) is 0.665. The molecule has 0 saturated carbocycles. The molecule has 0 bridgehead atoms. The number of rotatable bonds is 2. The molecule has 1 aliphatic rings. The van der Waals surface area contributed by atoms with E-state index in [1.165, 1.54) is 6.07 Å². The monoisotopic (exact) mass is 278 g/mol. The molecule has 6 heteroatoms. The smallest absolute Gasteiger partial charge is 0.408 e. The average Bonchev–Trinajstić information content (AvgIpc) is 2.69. The molecule has 1 aromatic carbocycles. The molecule has 2 rings (SSSR count). The van der Waals surface area contributed by atoms with Crippen LogP contribution in [0.15, 0.2) is 18.2 Å². The fourth-order valence-corrected chi connectivity index (χ4v) is 2.41. The number of carbonyl (C=O) groups is 1. The Bertz CT molecular complexity index is 549. The van der Waals surface area contributed by atoms with Gasteiger partial charge in [-0.15, -0.1) is 0 Å². The predicted molar refractivity (Wildman–Crippen MR) is 73.5 cm³/mol. The number of carbonyl (C=O) groups excluding carboxylic acids is 1. The van der Waals surface area contributed by atoms with Gasteiger partial charge in [-0.2, -0.15) is 0 Å². The Kier molecular flexibility index (Phi) is 3.65. The Balaban J connectivity index is 2.15. The van der Waals surface area contributed by atoms with E-state index in [0.29, 0.717) is 18.4 Å². The summed E-state index contributed by atoms with van der Waals surface area (Å²) in [5.74, 6) is 0. The summed E-state index contributed by atoms with van der Waals surface area (Å²) in [6.07, 6.45) is 0.744. The van der Waals surface area contributed by atoms with E-state index >= 15 is 0 Å². The second-order valence-corrected chi connectivity index (χ2v) is 5.84. The second kappa shape index (κ2) is 5.11. The van der Waals surface area contributed by atoms with Gasteiger partial charge in [0.05, 0.1) is 11.0 Å². The van der Waals surface area contributed by atoms with Gasteiger partial charge in [-0.05, 0) is 39.2 Å². The number of fused-ring (bicyclic) bond motifs is 1. The van der Waals surface area contributed by atoms with Gasteiger partial charge in [0, 0.05) is 11.6 Å². The first-order valence-electron chi connectivity index (χ1n) is 6.53. The average molecular weight is 278 g/mol. The summed E-state index contributed by atoms with van der Waals surface area (Å²) in [4.78, 5) is 22.4. The number of ether oxygens (including phenoxy) is 1. The van der Waals surface area contributed by atoms with Gasteiger partial charge >= 0.3 is 6.09 Å². The first-order chi connectivity index (χ1) is 9.28. The maximum absolute atomic E-state index is 11.8. The Morgan fingerprint density at radius 3 is 2.75 bits per heavy atom. The van der Waals surface area contributed by atoms with Crippen molar-refractivity contribution < 1.29 is 14.5 Å². The first kappa shape index (κ1) is 14.3. The second-order valence-electron chi connectivity index (χ2n) is 5.84. The van der Waals surface area contributed by atoms with Gasteiger partial charge in [-0.25, -0.2) is 4.79 Å². The van der Waals surface area contributed by atoms with Crippen LogP contribution in [0.1, 0.15) is 44.4 Å². The number of amides is 1. The van der Waals surface area contributed by atoms with E-state index in [9.17, 15) is 14.9 Å². The molecule has 0 heterocycles. The molecule has 108 valence electrons. The summed E-state index contributed by atoms with van der Waals surface area (Å²) >= 11 is 0. The fourth-order valence-electron chi connectivity index (χ4n) is 2.41. The van der Waals surface area contributed by atoms with Crippen LogP contribution in [0, 0.1) is 10.1 Å². The lowest BCUT2D eigenvalue weighted by Crippen LogP contribution is -2.34. The van der Waals surface area contributed by atoms with Crippen LogP contribution in [-0.4, -0.2) is 16.6 Å². The largest absolute Gasteiger partial charge is 0.444 e. The molecule has 6 nitrogen and oxygen atoms in total. The molecule has 0 aliphatic heterocycles. The van der Waals surface area contributed by atoms with Crippen molar-refractivity contribution in [2.24, 2.45) is 0 Å². The molecular weight excluding hydrogens is 260 g/mol. The van der Waals surface area contributed by atoms with E-state index in [1.807, 2.05) is 6.07 Å². The van der Waals surface area contributed by atoms with Crippen molar-refractivity contribution in [1.29, 1.82) is 0 Å². The minimum atomic E-state index is -0.561. The van der Waals surface area contributed by atoms with Crippen LogP contribution in [0.4, 0.5) is 10.5 Å². The van der Waals surface area contributed by atoms with Crippen LogP contribution in [0.2, 0.25) is 0 Å². The minimum absolute atomic E-state index is 0.121. The van der Waals surface area contributed by atoms with E-state index in [1.54, 1.807) is 26.8 Å². The molecule has 1 aliphatic carbocycles. The third-order valence-electron chi connectivity index (χ3n) is 3.13. The highest BCUT2D eigenvalue weighted by Crippen LogP contribution is 2.36. The van der Waals surface area contributed by atoms with Gasteiger partial charge in [-0.1, -0.05) is 12.1 Å². The lowest BCUT2D eigenvalue weighted by atomic mass is 10.1. The van der Waals surface area contributed by atoms with Crippen LogP contribution in [-0.2, 0) is 11.2 Å². The number of nitrogens with one attached hydrogen (secondary N) is 1. The van der Waals surface area contributed by atoms with Crippen LogP contribution in [0.25, 0.3) is 0 Å². The molecule has 0 unspecified atom stereocenters. The lowest BCUT2D eigenvalue weighted by Gasteiger charge is -2.22. The van der Waals surface area contributed by atoms with E-state index < -0.39 is 11.7 Å². The third-order valence-corrected chi connectivity index (χ3v) is 3.13. The van der Waals surface area contributed by atoms with Crippen molar-refractivity contribution in [3.8, 4) is 0 Å². The van der Waals surface area contributed by atoms with Gasteiger partial charge in [-0.3, -0.25) is 10.1 Å². The fraction of sp³-hybridized carbons (Fsp3) is 0.500. The Morgan fingerprint density at radius 1 is 1.45 bits per heavy atom. The van der Waals surface area contributed by atoms with E-state index in [2.05, 4.69) is 5.32 Å². The zero-order valence-corrected chi connectivity index (χ0v) is 11.8. The lowest BCUT2D eigenvalue weighted by molar-refractivity contribution is -0.385. The minimum Gasteiger partial charge on any atom is -0.444 e. The summed E-state index contributed by atoms with van der Waals surface area (Å²) < 4.78 is 5.21. The highest BCUT2D eigenvalue weighted by Gasteiger charge is 2.30. The Labute approximate surface area is 117 Å². The van der Waals surface area contributed by atoms with Crippen LogP contribution in [0.5, 0.6) is 0 Å². The Hall–Kier alpha value is -2.11. The van der Waals surface area contributed by atoms with Crippen molar-refractivity contribution in [3.63, 3.8) is 0 Å². The molecular formula is C14H18N2O4. The van der Waals surface area contributed by atoms with Crippen molar-refractivity contribution in [3.05, 3.63) is 39.4 Å². The van der Waals surface area contributed by atoms with Crippen LogP contribution < -0.4 is 5.32 Å². The molecule has 1 amide bonds. The highest BCUT2D eigenvalue weighted by atomic mass is 16.6. The Morgan fingerprint density at radius 2 is 2.15 bits per heavy atom. The van der Waals surface area contributed by atoms with Gasteiger partial charge < -0.3 is 10.1 Å². The normalized spacial score (nSPS) is 17.4. The van der Waals surface area contributed by atoms with E-state index in [4.69, 9.17) is 4.74 Å². The van der Waals surface area contributed by atoms with Gasteiger partial charge in [0.1, 0.15) is 5.60 Å². The van der Waals surface area contributed by atoms with Crippen molar-refractivity contribution >= 4 is 11.8 Å². The maximum atomic E-state index is 11.8. The first-order valence-corrected chi connectivity index (χ1v) is 6.53. The van der Waals surface area contributed by atoms with Crippen molar-refractivity contribution in [2.75, 3.05) is 0 Å². The van der Waals surface area contributed by atoms with Gasteiger partial charge in [0.2, 0.25) is 0 Å². The molecule has 0 spiro atoms. The predicted octanol–water partition coefficient (Wildman–Crippen LogP) is 3.11. The standard InChI is InChI=1S/C14H18N2O4/c1-14(2,3)20-13(17)15-11-8-7-10-9(11)5-4-6-12(10)16(18)19/h4-6,11H,7-8H2,1-3H3,(H,15,17)/t11-/m0/s1. The number of hydrogen-bond acceptors (Lipinski definition) is 4. The molecule has 1 N–H and O–H groups in total. The summed E-state index contributed by atoms with van der Waals surface area (Å²) in [5.41, 5.74) is 1.08. The van der Waals surface area contributed by atoms with Crippen LogP contribution in [0.3, 0.4) is 0 Å². The highest BCUT2D eigenvalue weighted by molar-refractivity contribution is 5.69. The summed E-state index contributed by atoms with van der Waals surface area (Å²) in [5, 5.41) is 13.7. The number of benzene rings is 1. The summed E-state index contributed by atoms with van der Waals surface area (Å²) in [6, 6.07) is 4.73. The van der Waals surface area contributed by atoms with E-state index in [-0.39, 0.29) is 16.7 Å². The summed E-state index contributed by atoms with van der Waals surface area (Å²) in [6.45, 7) is 5.38. The van der Waals surface area contributed by atoms with E-state index in [0.717, 1.165) is 5.56 Å². The zero-order chi connectivity index (χ0) is 14.9. The summed E-state index contributed by atoms with van der Waals surface area (Å²) in [7, 11) is 0. The number of nitrogens with zero attached hydrogens (tertiary/aromatic N) is 1. The maximum Gasteiger partial charge on any atom is 0.408 e. The number of hydrogen-bond donors (Lipinski definition) is 1. The van der Waals surface area contributed by atoms with Gasteiger partial charge in [0.25, 0.3) is 5.69 Å². The molecule has 20 heavy (non-hydrogen) atoms.